The Labute approximate surface area is 89.1 Å². The summed E-state index contributed by atoms with van der Waals surface area (Å²) < 4.78 is 10.9. The Bertz CT molecular complexity index is 399. The Morgan fingerprint density at radius 3 is 2.67 bits per heavy atom. The van der Waals surface area contributed by atoms with Gasteiger partial charge in [-0.15, -0.1) is 0 Å². The minimum Gasteiger partial charge on any atom is -0.461 e. The molecule has 0 aromatic carbocycles. The lowest BCUT2D eigenvalue weighted by molar-refractivity contribution is 0.429. The Hall–Kier alpha value is -1.51. The topological polar surface area (TPSA) is 39.2 Å². The van der Waals surface area contributed by atoms with E-state index in [0.717, 1.165) is 24.5 Å². The molecule has 0 fully saturated rings. The van der Waals surface area contributed by atoms with Crippen LogP contribution in [0.4, 0.5) is 0 Å². The van der Waals surface area contributed by atoms with Crippen LogP contribution in [0.5, 0.6) is 0 Å². The van der Waals surface area contributed by atoms with Crippen LogP contribution in [-0.4, -0.2) is 4.98 Å². The van der Waals surface area contributed by atoms with Gasteiger partial charge in [0, 0.05) is 5.92 Å². The lowest BCUT2D eigenvalue weighted by atomic mass is 10.0. The van der Waals surface area contributed by atoms with Gasteiger partial charge in [-0.2, -0.15) is 0 Å². The summed E-state index contributed by atoms with van der Waals surface area (Å²) in [6, 6.07) is 3.71. The fourth-order valence-electron chi connectivity index (χ4n) is 1.65. The summed E-state index contributed by atoms with van der Waals surface area (Å²) in [7, 11) is 0. The van der Waals surface area contributed by atoms with E-state index in [2.05, 4.69) is 18.8 Å². The van der Waals surface area contributed by atoms with Crippen molar-refractivity contribution in [1.29, 1.82) is 0 Å². The van der Waals surface area contributed by atoms with E-state index in [9.17, 15) is 0 Å². The average Bonchev–Trinajstić information content (AvgIpc) is 2.89. The van der Waals surface area contributed by atoms with Gasteiger partial charge in [0.25, 0.3) is 0 Å². The molecule has 80 valence electrons. The molecule has 2 rings (SSSR count). The monoisotopic (exact) mass is 205 g/mol. The molecule has 0 unspecified atom stereocenters. The summed E-state index contributed by atoms with van der Waals surface area (Å²) in [5.74, 6) is 2.67. The Balaban J connectivity index is 2.24. The molecule has 0 spiro atoms. The van der Waals surface area contributed by atoms with Crippen molar-refractivity contribution < 1.29 is 8.83 Å². The van der Waals surface area contributed by atoms with Crippen LogP contribution in [0.1, 0.15) is 38.5 Å². The molecule has 0 bridgehead atoms. The van der Waals surface area contributed by atoms with Crippen molar-refractivity contribution >= 4 is 0 Å². The summed E-state index contributed by atoms with van der Waals surface area (Å²) in [5.41, 5.74) is 0. The zero-order chi connectivity index (χ0) is 10.7. The second-order valence-corrected chi connectivity index (χ2v) is 3.55. The van der Waals surface area contributed by atoms with E-state index in [1.807, 2.05) is 12.1 Å². The van der Waals surface area contributed by atoms with E-state index in [4.69, 9.17) is 8.83 Å². The summed E-state index contributed by atoms with van der Waals surface area (Å²) in [4.78, 5) is 4.29. The number of hydrogen-bond acceptors (Lipinski definition) is 3. The first kappa shape index (κ1) is 10.0. The molecule has 0 amide bonds. The third-order valence-corrected chi connectivity index (χ3v) is 2.62. The minimum absolute atomic E-state index is 0.411. The van der Waals surface area contributed by atoms with Crippen molar-refractivity contribution in [3.63, 3.8) is 0 Å². The number of rotatable bonds is 4. The van der Waals surface area contributed by atoms with Gasteiger partial charge in [-0.25, -0.2) is 4.98 Å². The molecule has 0 saturated carbocycles. The second-order valence-electron chi connectivity index (χ2n) is 3.55. The van der Waals surface area contributed by atoms with Crippen molar-refractivity contribution in [3.8, 4) is 11.5 Å². The lowest BCUT2D eigenvalue weighted by Gasteiger charge is -2.05. The molecule has 0 aliphatic carbocycles. The molecule has 3 nitrogen and oxygen atoms in total. The summed E-state index contributed by atoms with van der Waals surface area (Å²) >= 11 is 0. The highest BCUT2D eigenvalue weighted by Gasteiger charge is 2.15. The van der Waals surface area contributed by atoms with Crippen LogP contribution in [0.3, 0.4) is 0 Å². The molecule has 2 heterocycles. The number of furan rings is 1. The first-order valence-electron chi connectivity index (χ1n) is 5.34. The smallest absolute Gasteiger partial charge is 0.198 e. The number of oxazole rings is 1. The standard InChI is InChI=1S/C12H15NO2/c1-3-9(4-2)12-13-8-11(15-12)10-6-5-7-14-10/h5-9H,3-4H2,1-2H3. The molecule has 0 N–H and O–H groups in total. The van der Waals surface area contributed by atoms with E-state index in [0.29, 0.717) is 11.7 Å². The van der Waals surface area contributed by atoms with Crippen LogP contribution >= 0.6 is 0 Å². The van der Waals surface area contributed by atoms with Gasteiger partial charge in [0.05, 0.1) is 12.5 Å². The first-order valence-corrected chi connectivity index (χ1v) is 5.34. The van der Waals surface area contributed by atoms with Gasteiger partial charge < -0.3 is 8.83 Å². The molecule has 2 aromatic rings. The Morgan fingerprint density at radius 2 is 2.07 bits per heavy atom. The molecule has 3 heteroatoms. The van der Waals surface area contributed by atoms with Crippen molar-refractivity contribution in [3.05, 3.63) is 30.5 Å². The minimum atomic E-state index is 0.411. The van der Waals surface area contributed by atoms with Crippen LogP contribution < -0.4 is 0 Å². The van der Waals surface area contributed by atoms with E-state index in [1.165, 1.54) is 0 Å². The molecule has 0 saturated heterocycles. The van der Waals surface area contributed by atoms with E-state index >= 15 is 0 Å². The molecule has 0 atom stereocenters. The number of hydrogen-bond donors (Lipinski definition) is 0. The first-order chi connectivity index (χ1) is 7.35. The van der Waals surface area contributed by atoms with Crippen molar-refractivity contribution in [1.82, 2.24) is 4.98 Å². The highest BCUT2D eigenvalue weighted by molar-refractivity contribution is 5.47. The average molecular weight is 205 g/mol. The molecule has 0 aliphatic heterocycles. The van der Waals surface area contributed by atoms with Gasteiger partial charge in [0.1, 0.15) is 0 Å². The fraction of sp³-hybridized carbons (Fsp3) is 0.417. The highest BCUT2D eigenvalue weighted by Crippen LogP contribution is 2.27. The predicted molar refractivity (Wildman–Crippen MR) is 57.5 cm³/mol. The van der Waals surface area contributed by atoms with Gasteiger partial charge in [-0.05, 0) is 25.0 Å². The van der Waals surface area contributed by atoms with Gasteiger partial charge in [-0.1, -0.05) is 13.8 Å². The third-order valence-electron chi connectivity index (χ3n) is 2.62. The van der Waals surface area contributed by atoms with Gasteiger partial charge >= 0.3 is 0 Å². The SMILES string of the molecule is CCC(CC)c1ncc(-c2ccco2)o1. The van der Waals surface area contributed by atoms with Crippen LogP contribution in [0.25, 0.3) is 11.5 Å². The lowest BCUT2D eigenvalue weighted by Crippen LogP contribution is -1.94. The molecule has 0 aliphatic rings. The zero-order valence-electron chi connectivity index (χ0n) is 9.06. The molecular weight excluding hydrogens is 190 g/mol. The highest BCUT2D eigenvalue weighted by atomic mass is 16.4. The van der Waals surface area contributed by atoms with Crippen LogP contribution in [0.15, 0.2) is 33.4 Å². The van der Waals surface area contributed by atoms with Crippen LogP contribution in [0, 0.1) is 0 Å². The quantitative estimate of drug-likeness (QED) is 0.761. The van der Waals surface area contributed by atoms with Gasteiger partial charge in [-0.3, -0.25) is 0 Å². The van der Waals surface area contributed by atoms with E-state index < -0.39 is 0 Å². The summed E-state index contributed by atoms with van der Waals surface area (Å²) in [5, 5.41) is 0. The largest absolute Gasteiger partial charge is 0.461 e. The van der Waals surface area contributed by atoms with Crippen molar-refractivity contribution in [2.24, 2.45) is 0 Å². The van der Waals surface area contributed by atoms with E-state index in [1.54, 1.807) is 12.5 Å². The molecule has 15 heavy (non-hydrogen) atoms. The number of aromatic nitrogens is 1. The van der Waals surface area contributed by atoms with Crippen molar-refractivity contribution in [2.75, 3.05) is 0 Å². The maximum absolute atomic E-state index is 5.67. The summed E-state index contributed by atoms with van der Waals surface area (Å²) in [6.45, 7) is 4.29. The fourth-order valence-corrected chi connectivity index (χ4v) is 1.65. The van der Waals surface area contributed by atoms with Crippen LogP contribution in [-0.2, 0) is 0 Å². The van der Waals surface area contributed by atoms with Crippen LogP contribution in [0.2, 0.25) is 0 Å². The Kier molecular flexibility index (Phi) is 2.90. The predicted octanol–water partition coefficient (Wildman–Crippen LogP) is 3.84. The normalized spacial score (nSPS) is 11.1. The zero-order valence-corrected chi connectivity index (χ0v) is 9.06. The second kappa shape index (κ2) is 4.34. The maximum atomic E-state index is 5.67. The maximum Gasteiger partial charge on any atom is 0.198 e. The van der Waals surface area contributed by atoms with E-state index in [-0.39, 0.29) is 0 Å². The molecule has 0 radical (unpaired) electrons. The Morgan fingerprint density at radius 1 is 1.27 bits per heavy atom. The molecule has 2 aromatic heterocycles. The van der Waals surface area contributed by atoms with Gasteiger partial charge in [0.2, 0.25) is 0 Å². The third kappa shape index (κ3) is 1.96. The van der Waals surface area contributed by atoms with Crippen molar-refractivity contribution in [2.45, 2.75) is 32.6 Å². The van der Waals surface area contributed by atoms with Gasteiger partial charge in [0.15, 0.2) is 17.4 Å². The summed E-state index contributed by atoms with van der Waals surface area (Å²) in [6.07, 6.45) is 5.46. The number of nitrogens with zero attached hydrogens (tertiary/aromatic N) is 1. The molecular formula is C12H15NO2.